The first-order valence-electron chi connectivity index (χ1n) is 10.5. The van der Waals surface area contributed by atoms with Gasteiger partial charge in [0.1, 0.15) is 4.90 Å². The topological polar surface area (TPSA) is 111 Å². The van der Waals surface area contributed by atoms with Gasteiger partial charge in [0.15, 0.2) is 5.84 Å². The van der Waals surface area contributed by atoms with Gasteiger partial charge in [-0.05, 0) is 43.3 Å². The van der Waals surface area contributed by atoms with Crippen molar-refractivity contribution in [2.45, 2.75) is 11.8 Å². The van der Waals surface area contributed by atoms with Crippen molar-refractivity contribution in [3.05, 3.63) is 59.7 Å². The third kappa shape index (κ3) is 4.66. The van der Waals surface area contributed by atoms with Crippen LogP contribution in [-0.4, -0.2) is 75.1 Å². The molecule has 1 fully saturated rings. The number of anilines is 1. The number of carbonyl (C=O) groups is 2. The molecule has 0 bridgehead atoms. The maximum atomic E-state index is 12.8. The number of fused-ring (bicyclic) bond motifs is 1. The van der Waals surface area contributed by atoms with E-state index in [-0.39, 0.29) is 22.5 Å². The Bertz CT molecular complexity index is 1150. The van der Waals surface area contributed by atoms with Crippen molar-refractivity contribution in [1.29, 1.82) is 0 Å². The summed E-state index contributed by atoms with van der Waals surface area (Å²) in [5.74, 6) is 0.195. The number of rotatable bonds is 5. The quantitative estimate of drug-likeness (QED) is 0.700. The van der Waals surface area contributed by atoms with Gasteiger partial charge < -0.3 is 15.5 Å². The highest BCUT2D eigenvalue weighted by atomic mass is 32.2. The van der Waals surface area contributed by atoms with Crippen LogP contribution < -0.4 is 10.6 Å². The molecule has 2 N–H and O–H groups in total. The summed E-state index contributed by atoms with van der Waals surface area (Å²) in [6.45, 7) is 5.26. The fraction of sp³-hybridized carbons (Fsp3) is 0.318. The summed E-state index contributed by atoms with van der Waals surface area (Å²) < 4.78 is 28.2. The maximum absolute atomic E-state index is 12.8. The van der Waals surface area contributed by atoms with Crippen LogP contribution in [-0.2, 0) is 14.8 Å². The molecule has 2 heterocycles. The monoisotopic (exact) mass is 455 g/mol. The van der Waals surface area contributed by atoms with Crippen LogP contribution in [0.3, 0.4) is 0 Å². The lowest BCUT2D eigenvalue weighted by atomic mass is 10.1. The van der Waals surface area contributed by atoms with Crippen LogP contribution in [0, 0.1) is 0 Å². The molecule has 1 saturated heterocycles. The number of nitrogens with one attached hydrogen (secondary N) is 2. The fourth-order valence-electron chi connectivity index (χ4n) is 3.78. The molecule has 0 radical (unpaired) electrons. The zero-order valence-electron chi connectivity index (χ0n) is 17.7. The van der Waals surface area contributed by atoms with Crippen LogP contribution in [0.5, 0.6) is 0 Å². The number of likely N-dealkylation sites (N-methyl/N-ethyl adjacent to an activating group) is 1. The number of sulfonamides is 1. The van der Waals surface area contributed by atoms with Gasteiger partial charge in [0.25, 0.3) is 15.9 Å². The number of hydrogen-bond donors (Lipinski definition) is 2. The van der Waals surface area contributed by atoms with E-state index in [1.807, 2.05) is 11.8 Å². The number of benzene rings is 2. The third-order valence-electron chi connectivity index (χ3n) is 5.43. The van der Waals surface area contributed by atoms with Crippen molar-refractivity contribution in [2.75, 3.05) is 44.6 Å². The summed E-state index contributed by atoms with van der Waals surface area (Å²) in [6, 6.07) is 13.5. The molecular formula is C22H25N5O4S. The second-order valence-corrected chi connectivity index (χ2v) is 9.21. The van der Waals surface area contributed by atoms with Crippen LogP contribution in [0.4, 0.5) is 5.69 Å². The first-order chi connectivity index (χ1) is 15.4. The summed E-state index contributed by atoms with van der Waals surface area (Å²) in [4.78, 5) is 28.6. The minimum Gasteiger partial charge on any atom is -0.355 e. The van der Waals surface area contributed by atoms with Crippen molar-refractivity contribution in [2.24, 2.45) is 4.40 Å². The van der Waals surface area contributed by atoms with Gasteiger partial charge >= 0.3 is 0 Å². The van der Waals surface area contributed by atoms with Crippen molar-refractivity contribution in [1.82, 2.24) is 15.1 Å². The van der Waals surface area contributed by atoms with Gasteiger partial charge in [-0.25, -0.2) is 0 Å². The highest BCUT2D eigenvalue weighted by Crippen LogP contribution is 2.26. The first-order valence-corrected chi connectivity index (χ1v) is 11.9. The molecule has 0 saturated carbocycles. The van der Waals surface area contributed by atoms with E-state index in [0.717, 1.165) is 0 Å². The van der Waals surface area contributed by atoms with Gasteiger partial charge in [-0.1, -0.05) is 12.1 Å². The Labute approximate surface area is 187 Å². The average molecular weight is 456 g/mol. The van der Waals surface area contributed by atoms with Gasteiger partial charge in [-0.15, -0.1) is 4.40 Å². The predicted octanol–water partition coefficient (Wildman–Crippen LogP) is 1.14. The summed E-state index contributed by atoms with van der Waals surface area (Å²) >= 11 is 0. The van der Waals surface area contributed by atoms with E-state index < -0.39 is 10.0 Å². The van der Waals surface area contributed by atoms with E-state index >= 15 is 0 Å². The molecule has 2 aliphatic heterocycles. The van der Waals surface area contributed by atoms with E-state index in [1.165, 1.54) is 6.07 Å². The maximum Gasteiger partial charge on any atom is 0.285 e. The second kappa shape index (κ2) is 9.09. The Balaban J connectivity index is 1.37. The molecule has 2 amide bonds. The molecule has 2 aromatic carbocycles. The number of amides is 2. The zero-order valence-corrected chi connectivity index (χ0v) is 18.6. The van der Waals surface area contributed by atoms with Crippen molar-refractivity contribution >= 4 is 33.4 Å². The molecule has 32 heavy (non-hydrogen) atoms. The van der Waals surface area contributed by atoms with Gasteiger partial charge in [0, 0.05) is 49.5 Å². The molecule has 0 aliphatic carbocycles. The Morgan fingerprint density at radius 2 is 1.69 bits per heavy atom. The molecule has 0 atom stereocenters. The lowest BCUT2D eigenvalue weighted by Crippen LogP contribution is -2.51. The normalized spacial score (nSPS) is 17.4. The third-order valence-corrected chi connectivity index (χ3v) is 6.76. The van der Waals surface area contributed by atoms with Crippen molar-refractivity contribution in [3.63, 3.8) is 0 Å². The van der Waals surface area contributed by atoms with E-state index in [1.54, 1.807) is 47.4 Å². The van der Waals surface area contributed by atoms with E-state index in [4.69, 9.17) is 0 Å². The molecule has 4 rings (SSSR count). The Morgan fingerprint density at radius 3 is 2.38 bits per heavy atom. The summed E-state index contributed by atoms with van der Waals surface area (Å²) in [7, 11) is -3.69. The van der Waals surface area contributed by atoms with E-state index in [9.17, 15) is 18.0 Å². The van der Waals surface area contributed by atoms with Crippen LogP contribution in [0.2, 0.25) is 0 Å². The Hall–Kier alpha value is -3.24. The molecular weight excluding hydrogens is 430 g/mol. The minimum absolute atomic E-state index is 0.00217. The molecule has 0 spiro atoms. The molecule has 10 heteroatoms. The van der Waals surface area contributed by atoms with Crippen LogP contribution in [0.1, 0.15) is 22.8 Å². The second-order valence-electron chi connectivity index (χ2n) is 7.64. The number of hydrogen-bond acceptors (Lipinski definition) is 6. The largest absolute Gasteiger partial charge is 0.355 e. The van der Waals surface area contributed by atoms with Gasteiger partial charge in [0.05, 0.1) is 6.54 Å². The van der Waals surface area contributed by atoms with Crippen LogP contribution in [0.25, 0.3) is 0 Å². The standard InChI is InChI=1S/C22H25N5O4S/c1-2-23-20(28)15-26-11-13-27(14-12-26)22(29)16-7-9-17(10-8-16)24-21-18-5-3-4-6-19(18)32(30,31)25-21/h3-10H,2,11-15H2,1H3,(H,23,28)(H,24,25). The Kier molecular flexibility index (Phi) is 6.24. The molecule has 168 valence electrons. The number of amidine groups is 1. The van der Waals surface area contributed by atoms with Crippen molar-refractivity contribution in [3.8, 4) is 0 Å². The van der Waals surface area contributed by atoms with E-state index in [2.05, 4.69) is 15.0 Å². The van der Waals surface area contributed by atoms with Gasteiger partial charge in [-0.3, -0.25) is 14.5 Å². The zero-order chi connectivity index (χ0) is 22.7. The fourth-order valence-corrected chi connectivity index (χ4v) is 4.95. The van der Waals surface area contributed by atoms with Gasteiger partial charge in [0.2, 0.25) is 5.91 Å². The summed E-state index contributed by atoms with van der Waals surface area (Å²) in [6.07, 6.45) is 0. The molecule has 9 nitrogen and oxygen atoms in total. The lowest BCUT2D eigenvalue weighted by molar-refractivity contribution is -0.122. The van der Waals surface area contributed by atoms with Crippen molar-refractivity contribution < 1.29 is 18.0 Å². The van der Waals surface area contributed by atoms with E-state index in [0.29, 0.717) is 56.1 Å². The SMILES string of the molecule is CCNC(=O)CN1CCN(C(=O)c2ccc(NC3=NS(=O)(=O)c4ccccc43)cc2)CC1. The minimum atomic E-state index is -3.69. The predicted molar refractivity (Wildman–Crippen MR) is 121 cm³/mol. The first kappa shape index (κ1) is 22.0. The van der Waals surface area contributed by atoms with Crippen LogP contribution in [0.15, 0.2) is 57.8 Å². The average Bonchev–Trinajstić information content (AvgIpc) is 3.04. The lowest BCUT2D eigenvalue weighted by Gasteiger charge is -2.34. The number of piperazine rings is 1. The van der Waals surface area contributed by atoms with Gasteiger partial charge in [-0.2, -0.15) is 8.42 Å². The highest BCUT2D eigenvalue weighted by Gasteiger charge is 2.28. The number of nitrogens with zero attached hydrogens (tertiary/aromatic N) is 3. The highest BCUT2D eigenvalue weighted by molar-refractivity contribution is 7.90. The molecule has 2 aliphatic rings. The molecule has 0 unspecified atom stereocenters. The summed E-state index contributed by atoms with van der Waals surface area (Å²) in [5.41, 5.74) is 1.71. The van der Waals surface area contributed by atoms with Crippen LogP contribution >= 0.6 is 0 Å². The summed E-state index contributed by atoms with van der Waals surface area (Å²) in [5, 5.41) is 5.82. The molecule has 0 aromatic heterocycles. The Morgan fingerprint density at radius 1 is 1.00 bits per heavy atom. The molecule has 2 aromatic rings. The number of carbonyl (C=O) groups excluding carboxylic acids is 2. The smallest absolute Gasteiger partial charge is 0.285 e.